The minimum atomic E-state index is 0.960. The Balaban J connectivity index is 1.15. The summed E-state index contributed by atoms with van der Waals surface area (Å²) in [6.45, 7) is 0. The second kappa shape index (κ2) is 14.5. The summed E-state index contributed by atoms with van der Waals surface area (Å²) < 4.78 is 0. The molecule has 0 radical (unpaired) electrons. The fourth-order valence-corrected chi connectivity index (χ4v) is 5.38. The molecular weight excluding hydrogens is 577 g/mol. The molecule has 0 heteroatoms. The van der Waals surface area contributed by atoms with Crippen LogP contribution >= 0.6 is 0 Å². The molecule has 0 bridgehead atoms. The van der Waals surface area contributed by atoms with Gasteiger partial charge in [-0.1, -0.05) is 139 Å². The lowest BCUT2D eigenvalue weighted by Gasteiger charge is -2.09. The highest BCUT2D eigenvalue weighted by Crippen LogP contribution is 2.29. The Labute approximate surface area is 283 Å². The number of rotatable bonds is 3. The van der Waals surface area contributed by atoms with Gasteiger partial charge in [0.05, 0.1) is 0 Å². The van der Waals surface area contributed by atoms with E-state index < -0.39 is 0 Å². The van der Waals surface area contributed by atoms with E-state index in [-0.39, 0.29) is 0 Å². The largest absolute Gasteiger partial charge is 0.0622 e. The van der Waals surface area contributed by atoms with E-state index in [1.807, 2.05) is 66.7 Å². The topological polar surface area (TPSA) is 0 Å². The first-order valence-corrected chi connectivity index (χ1v) is 15.9. The molecule has 0 heterocycles. The van der Waals surface area contributed by atoms with Crippen LogP contribution in [-0.2, 0) is 0 Å². The van der Waals surface area contributed by atoms with Gasteiger partial charge in [0.15, 0.2) is 0 Å². The third kappa shape index (κ3) is 7.71. The van der Waals surface area contributed by atoms with Crippen molar-refractivity contribution in [2.75, 3.05) is 0 Å². The minimum absolute atomic E-state index is 0.960. The maximum absolute atomic E-state index is 3.40. The summed E-state index contributed by atoms with van der Waals surface area (Å²) in [6.07, 6.45) is 0. The van der Waals surface area contributed by atoms with E-state index in [9.17, 15) is 0 Å². The van der Waals surface area contributed by atoms with Crippen LogP contribution in [0.4, 0.5) is 0 Å². The van der Waals surface area contributed by atoms with Crippen LogP contribution in [0.5, 0.6) is 0 Å². The van der Waals surface area contributed by atoms with Crippen LogP contribution in [0, 0.1) is 35.5 Å². The fourth-order valence-electron chi connectivity index (χ4n) is 5.38. The highest BCUT2D eigenvalue weighted by atomic mass is 14.1. The van der Waals surface area contributed by atoms with E-state index in [0.717, 1.165) is 55.6 Å². The smallest absolute Gasteiger partial charge is 0.0261 e. The molecule has 0 aliphatic rings. The quantitative estimate of drug-likeness (QED) is 0.176. The van der Waals surface area contributed by atoms with E-state index in [1.165, 1.54) is 11.1 Å². The van der Waals surface area contributed by atoms with Crippen LogP contribution in [0.2, 0.25) is 0 Å². The molecule has 7 aromatic carbocycles. The van der Waals surface area contributed by atoms with Crippen molar-refractivity contribution in [3.8, 4) is 68.9 Å². The zero-order valence-corrected chi connectivity index (χ0v) is 26.3. The number of hydrogen-bond donors (Lipinski definition) is 0. The highest BCUT2D eigenvalue weighted by Gasteiger charge is 2.06. The zero-order valence-electron chi connectivity index (χ0n) is 26.3. The van der Waals surface area contributed by atoms with Gasteiger partial charge < -0.3 is 0 Å². The molecule has 0 aliphatic carbocycles. The van der Waals surface area contributed by atoms with Crippen LogP contribution < -0.4 is 0 Å². The molecule has 0 fully saturated rings. The Bertz CT molecular complexity index is 2330. The molecule has 0 saturated carbocycles. The standard InChI is InChI=1S/C48H30/c1-4-10-37(11-5-1)16-17-39-24-30-45(31-25-39)47-34-42(21-20-38-12-6-2-7-13-38)35-48(36-47)46-32-26-41(27-33-46)19-18-40-22-28-44(29-23-40)43-14-8-3-9-15-43/h1-15,22-36H. The van der Waals surface area contributed by atoms with Gasteiger partial charge in [0.2, 0.25) is 0 Å². The summed E-state index contributed by atoms with van der Waals surface area (Å²) >= 11 is 0. The summed E-state index contributed by atoms with van der Waals surface area (Å²) in [6, 6.07) is 62.4. The molecule has 0 amide bonds. The van der Waals surface area contributed by atoms with E-state index in [2.05, 4.69) is 151 Å². The molecule has 0 spiro atoms. The van der Waals surface area contributed by atoms with Crippen molar-refractivity contribution < 1.29 is 0 Å². The van der Waals surface area contributed by atoms with Crippen molar-refractivity contribution in [2.24, 2.45) is 0 Å². The molecule has 0 N–H and O–H groups in total. The van der Waals surface area contributed by atoms with Crippen molar-refractivity contribution in [1.29, 1.82) is 0 Å². The van der Waals surface area contributed by atoms with Crippen LogP contribution in [0.3, 0.4) is 0 Å². The molecular formula is C48H30. The number of benzene rings is 7. The predicted molar refractivity (Wildman–Crippen MR) is 200 cm³/mol. The van der Waals surface area contributed by atoms with Gasteiger partial charge in [-0.15, -0.1) is 0 Å². The van der Waals surface area contributed by atoms with Gasteiger partial charge in [0, 0.05) is 33.4 Å². The predicted octanol–water partition coefficient (Wildman–Crippen LogP) is 10.9. The normalized spacial score (nSPS) is 10.0. The maximum atomic E-state index is 3.40. The maximum Gasteiger partial charge on any atom is 0.0261 e. The summed E-state index contributed by atoms with van der Waals surface area (Å²) in [7, 11) is 0. The Morgan fingerprint density at radius 3 is 0.833 bits per heavy atom. The molecule has 7 rings (SSSR count). The van der Waals surface area contributed by atoms with Crippen molar-refractivity contribution in [1.82, 2.24) is 0 Å². The van der Waals surface area contributed by atoms with Crippen LogP contribution in [-0.4, -0.2) is 0 Å². The van der Waals surface area contributed by atoms with Crippen molar-refractivity contribution in [2.45, 2.75) is 0 Å². The fraction of sp³-hybridized carbons (Fsp3) is 0. The second-order valence-electron chi connectivity index (χ2n) is 11.4. The highest BCUT2D eigenvalue weighted by molar-refractivity contribution is 5.76. The summed E-state index contributed by atoms with van der Waals surface area (Å²) in [5.74, 6) is 19.9. The first-order chi connectivity index (χ1) is 23.7. The van der Waals surface area contributed by atoms with E-state index in [4.69, 9.17) is 0 Å². The van der Waals surface area contributed by atoms with Gasteiger partial charge >= 0.3 is 0 Å². The Kier molecular flexibility index (Phi) is 9.06. The lowest BCUT2D eigenvalue weighted by atomic mass is 9.95. The monoisotopic (exact) mass is 606 g/mol. The summed E-state index contributed by atoms with van der Waals surface area (Å²) in [5, 5.41) is 0. The van der Waals surface area contributed by atoms with Crippen LogP contribution in [0.25, 0.3) is 33.4 Å². The third-order valence-corrected chi connectivity index (χ3v) is 7.96. The third-order valence-electron chi connectivity index (χ3n) is 7.96. The lowest BCUT2D eigenvalue weighted by molar-refractivity contribution is 1.54. The van der Waals surface area contributed by atoms with Gasteiger partial charge in [-0.05, 0) is 112 Å². The molecule has 7 aromatic rings. The number of hydrogen-bond acceptors (Lipinski definition) is 0. The first-order valence-electron chi connectivity index (χ1n) is 15.9. The van der Waals surface area contributed by atoms with E-state index >= 15 is 0 Å². The zero-order chi connectivity index (χ0) is 32.4. The molecule has 222 valence electrons. The Hall–Kier alpha value is -6.78. The summed E-state index contributed by atoms with van der Waals surface area (Å²) in [5.41, 5.74) is 12.7. The van der Waals surface area contributed by atoms with E-state index in [0.29, 0.717) is 0 Å². The average Bonchev–Trinajstić information content (AvgIpc) is 3.17. The second-order valence-corrected chi connectivity index (χ2v) is 11.4. The molecule has 0 unspecified atom stereocenters. The van der Waals surface area contributed by atoms with E-state index in [1.54, 1.807) is 0 Å². The Morgan fingerprint density at radius 2 is 0.458 bits per heavy atom. The molecule has 0 nitrogen and oxygen atoms in total. The Morgan fingerprint density at radius 1 is 0.188 bits per heavy atom. The molecule has 48 heavy (non-hydrogen) atoms. The van der Waals surface area contributed by atoms with Crippen molar-refractivity contribution in [3.05, 3.63) is 215 Å². The van der Waals surface area contributed by atoms with Gasteiger partial charge in [-0.2, -0.15) is 0 Å². The average molecular weight is 607 g/mol. The van der Waals surface area contributed by atoms with Crippen LogP contribution in [0.1, 0.15) is 33.4 Å². The van der Waals surface area contributed by atoms with Gasteiger partial charge in [0.1, 0.15) is 0 Å². The summed E-state index contributed by atoms with van der Waals surface area (Å²) in [4.78, 5) is 0. The lowest BCUT2D eigenvalue weighted by Crippen LogP contribution is -1.87. The minimum Gasteiger partial charge on any atom is -0.0622 e. The van der Waals surface area contributed by atoms with Crippen molar-refractivity contribution in [3.63, 3.8) is 0 Å². The molecule has 0 atom stereocenters. The molecule has 0 aliphatic heterocycles. The van der Waals surface area contributed by atoms with Crippen molar-refractivity contribution >= 4 is 0 Å². The van der Waals surface area contributed by atoms with Gasteiger partial charge in [-0.25, -0.2) is 0 Å². The molecule has 0 aromatic heterocycles. The van der Waals surface area contributed by atoms with Crippen LogP contribution in [0.15, 0.2) is 182 Å². The first kappa shape index (κ1) is 29.9. The SMILES string of the molecule is C(#Cc1ccc(-c2cc(C#Cc3ccccc3)cc(-c3ccc(C#Cc4ccc(-c5ccccc5)cc4)cc3)c2)cc1)c1ccccc1. The van der Waals surface area contributed by atoms with Gasteiger partial charge in [-0.3, -0.25) is 0 Å². The molecule has 0 saturated heterocycles. The van der Waals surface area contributed by atoms with Gasteiger partial charge in [0.25, 0.3) is 0 Å².